The summed E-state index contributed by atoms with van der Waals surface area (Å²) in [6.45, 7) is 3.55. The Morgan fingerprint density at radius 2 is 2.08 bits per heavy atom. The molecule has 0 aliphatic heterocycles. The Bertz CT molecular complexity index is 159. The van der Waals surface area contributed by atoms with Crippen LogP contribution in [0.2, 0.25) is 0 Å². The van der Waals surface area contributed by atoms with E-state index >= 15 is 0 Å². The van der Waals surface area contributed by atoms with E-state index in [-0.39, 0.29) is 0 Å². The Labute approximate surface area is 73.6 Å². The second-order valence-electron chi connectivity index (χ2n) is 2.66. The highest BCUT2D eigenvalue weighted by atomic mass is 16.4. The molecule has 0 aliphatic rings. The molecule has 2 nitrogen and oxygen atoms in total. The van der Waals surface area contributed by atoms with Gasteiger partial charge in [0, 0.05) is 6.42 Å². The number of carboxylic acids is 1. The molecule has 0 aromatic heterocycles. The summed E-state index contributed by atoms with van der Waals surface area (Å²) in [5.41, 5.74) is 0. The van der Waals surface area contributed by atoms with Crippen molar-refractivity contribution in [3.63, 3.8) is 0 Å². The molecule has 0 rings (SSSR count). The van der Waals surface area contributed by atoms with Crippen LogP contribution in [0.4, 0.5) is 0 Å². The zero-order valence-corrected chi connectivity index (χ0v) is 7.33. The molecule has 0 heterocycles. The van der Waals surface area contributed by atoms with Crippen molar-refractivity contribution in [1.29, 1.82) is 0 Å². The van der Waals surface area contributed by atoms with E-state index < -0.39 is 5.97 Å². The van der Waals surface area contributed by atoms with Crippen LogP contribution in [0.1, 0.15) is 32.1 Å². The van der Waals surface area contributed by atoms with Gasteiger partial charge in [-0.2, -0.15) is 0 Å². The van der Waals surface area contributed by atoms with Crippen molar-refractivity contribution in [3.05, 3.63) is 24.8 Å². The lowest BCUT2D eigenvalue weighted by atomic mass is 10.1. The average Bonchev–Trinajstić information content (AvgIpc) is 2.02. The SMILES string of the molecule is C=C/C=C/CCCCCC(=O)O. The molecule has 0 aromatic rings. The molecule has 0 saturated carbocycles. The van der Waals surface area contributed by atoms with Gasteiger partial charge in [-0.05, 0) is 19.3 Å². The van der Waals surface area contributed by atoms with Gasteiger partial charge in [0.05, 0.1) is 0 Å². The van der Waals surface area contributed by atoms with Gasteiger partial charge in [0.1, 0.15) is 0 Å². The first-order valence-corrected chi connectivity index (χ1v) is 4.26. The van der Waals surface area contributed by atoms with Crippen LogP contribution in [0, 0.1) is 0 Å². The molecule has 0 fully saturated rings. The van der Waals surface area contributed by atoms with E-state index in [2.05, 4.69) is 6.58 Å². The zero-order chi connectivity index (χ0) is 9.23. The van der Waals surface area contributed by atoms with Crippen LogP contribution >= 0.6 is 0 Å². The van der Waals surface area contributed by atoms with Crippen molar-refractivity contribution in [3.8, 4) is 0 Å². The standard InChI is InChI=1S/C10H16O2/c1-2-3-4-5-6-7-8-9-10(11)12/h2-4H,1,5-9H2,(H,11,12)/b4-3+. The monoisotopic (exact) mass is 168 g/mol. The van der Waals surface area contributed by atoms with Gasteiger partial charge in [0.2, 0.25) is 0 Å². The molecule has 12 heavy (non-hydrogen) atoms. The Balaban J connectivity index is 3.05. The number of allylic oxidation sites excluding steroid dienone is 3. The fourth-order valence-electron chi connectivity index (χ4n) is 0.908. The quantitative estimate of drug-likeness (QED) is 0.469. The molecule has 0 spiro atoms. The van der Waals surface area contributed by atoms with Gasteiger partial charge in [-0.15, -0.1) is 0 Å². The maximum atomic E-state index is 10.1. The van der Waals surface area contributed by atoms with Crippen LogP contribution in [-0.4, -0.2) is 11.1 Å². The largest absolute Gasteiger partial charge is 0.481 e. The van der Waals surface area contributed by atoms with Crippen LogP contribution in [0.15, 0.2) is 24.8 Å². The molecule has 2 heteroatoms. The van der Waals surface area contributed by atoms with Crippen molar-refractivity contribution < 1.29 is 9.90 Å². The first kappa shape index (κ1) is 11.0. The third-order valence-corrected chi connectivity index (χ3v) is 1.53. The molecule has 68 valence electrons. The second-order valence-corrected chi connectivity index (χ2v) is 2.66. The Kier molecular flexibility index (Phi) is 7.35. The predicted octanol–water partition coefficient (Wildman–Crippen LogP) is 2.76. The lowest BCUT2D eigenvalue weighted by Crippen LogP contribution is -1.93. The summed E-state index contributed by atoms with van der Waals surface area (Å²) in [7, 11) is 0. The van der Waals surface area contributed by atoms with Gasteiger partial charge in [-0.25, -0.2) is 0 Å². The highest BCUT2D eigenvalue weighted by Gasteiger charge is 1.94. The lowest BCUT2D eigenvalue weighted by Gasteiger charge is -1.94. The molecule has 1 N–H and O–H groups in total. The number of carbonyl (C=O) groups is 1. The molecule has 0 unspecified atom stereocenters. The van der Waals surface area contributed by atoms with Crippen LogP contribution in [0.3, 0.4) is 0 Å². The first-order chi connectivity index (χ1) is 5.77. The van der Waals surface area contributed by atoms with Crippen molar-refractivity contribution in [2.75, 3.05) is 0 Å². The lowest BCUT2D eigenvalue weighted by molar-refractivity contribution is -0.137. The van der Waals surface area contributed by atoms with Gasteiger partial charge in [-0.3, -0.25) is 4.79 Å². The molecule has 0 saturated heterocycles. The minimum Gasteiger partial charge on any atom is -0.481 e. The number of hydrogen-bond acceptors (Lipinski definition) is 1. The molecule has 0 bridgehead atoms. The predicted molar refractivity (Wildman–Crippen MR) is 50.1 cm³/mol. The minimum atomic E-state index is -0.698. The number of unbranched alkanes of at least 4 members (excludes halogenated alkanes) is 3. The maximum Gasteiger partial charge on any atom is 0.303 e. The zero-order valence-electron chi connectivity index (χ0n) is 7.33. The number of rotatable bonds is 7. The van der Waals surface area contributed by atoms with E-state index in [0.717, 1.165) is 25.7 Å². The third-order valence-electron chi connectivity index (χ3n) is 1.53. The fourth-order valence-corrected chi connectivity index (χ4v) is 0.908. The summed E-state index contributed by atoms with van der Waals surface area (Å²) in [6, 6.07) is 0. The van der Waals surface area contributed by atoms with Gasteiger partial charge in [0.15, 0.2) is 0 Å². The van der Waals surface area contributed by atoms with Crippen molar-refractivity contribution in [2.24, 2.45) is 0 Å². The Morgan fingerprint density at radius 1 is 1.33 bits per heavy atom. The topological polar surface area (TPSA) is 37.3 Å². The summed E-state index contributed by atoms with van der Waals surface area (Å²) in [6.07, 6.45) is 9.88. The molecule has 0 atom stereocenters. The highest BCUT2D eigenvalue weighted by Crippen LogP contribution is 2.03. The van der Waals surface area contributed by atoms with Gasteiger partial charge < -0.3 is 5.11 Å². The van der Waals surface area contributed by atoms with Gasteiger partial charge in [-0.1, -0.05) is 31.2 Å². The van der Waals surface area contributed by atoms with Gasteiger partial charge in [0.25, 0.3) is 0 Å². The number of hydrogen-bond donors (Lipinski definition) is 1. The molecule has 0 amide bonds. The number of carboxylic acid groups (broad SMARTS) is 1. The summed E-state index contributed by atoms with van der Waals surface area (Å²) in [5, 5.41) is 8.33. The van der Waals surface area contributed by atoms with E-state index in [9.17, 15) is 4.79 Å². The number of aliphatic carboxylic acids is 1. The summed E-state index contributed by atoms with van der Waals surface area (Å²) in [4.78, 5) is 10.1. The normalized spacial score (nSPS) is 10.3. The second kappa shape index (κ2) is 8.05. The highest BCUT2D eigenvalue weighted by molar-refractivity contribution is 5.66. The molecule has 0 radical (unpaired) electrons. The van der Waals surface area contributed by atoms with Crippen molar-refractivity contribution in [2.45, 2.75) is 32.1 Å². The minimum absolute atomic E-state index is 0.297. The molecule has 0 aliphatic carbocycles. The van der Waals surface area contributed by atoms with Crippen LogP contribution < -0.4 is 0 Å². The van der Waals surface area contributed by atoms with E-state index in [1.165, 1.54) is 0 Å². The summed E-state index contributed by atoms with van der Waals surface area (Å²) in [5.74, 6) is -0.698. The van der Waals surface area contributed by atoms with Crippen LogP contribution in [0.25, 0.3) is 0 Å². The van der Waals surface area contributed by atoms with Crippen LogP contribution in [0.5, 0.6) is 0 Å². The summed E-state index contributed by atoms with van der Waals surface area (Å²) >= 11 is 0. The molecular formula is C10H16O2. The van der Waals surface area contributed by atoms with Crippen molar-refractivity contribution in [1.82, 2.24) is 0 Å². The Hall–Kier alpha value is -1.05. The fraction of sp³-hybridized carbons (Fsp3) is 0.500. The van der Waals surface area contributed by atoms with Crippen LogP contribution in [-0.2, 0) is 4.79 Å². The molecular weight excluding hydrogens is 152 g/mol. The van der Waals surface area contributed by atoms with E-state index in [0.29, 0.717) is 6.42 Å². The maximum absolute atomic E-state index is 10.1. The molecule has 0 aromatic carbocycles. The first-order valence-electron chi connectivity index (χ1n) is 4.26. The van der Waals surface area contributed by atoms with E-state index in [4.69, 9.17) is 5.11 Å². The van der Waals surface area contributed by atoms with E-state index in [1.807, 2.05) is 12.2 Å². The van der Waals surface area contributed by atoms with Gasteiger partial charge >= 0.3 is 5.97 Å². The summed E-state index contributed by atoms with van der Waals surface area (Å²) < 4.78 is 0. The smallest absolute Gasteiger partial charge is 0.303 e. The van der Waals surface area contributed by atoms with Crippen molar-refractivity contribution >= 4 is 5.97 Å². The van der Waals surface area contributed by atoms with E-state index in [1.54, 1.807) is 6.08 Å². The Morgan fingerprint density at radius 3 is 2.67 bits per heavy atom. The average molecular weight is 168 g/mol. The third kappa shape index (κ3) is 8.95.